The molecule has 0 aromatic heterocycles. The lowest BCUT2D eigenvalue weighted by atomic mass is 9.81. The number of para-hydroxylation sites is 1. The third-order valence-corrected chi connectivity index (χ3v) is 3.85. The van der Waals surface area contributed by atoms with Crippen LogP contribution in [-0.2, 0) is 6.42 Å². The summed E-state index contributed by atoms with van der Waals surface area (Å²) in [6.45, 7) is 4.38. The van der Waals surface area contributed by atoms with E-state index in [1.165, 1.54) is 5.56 Å². The maximum Gasteiger partial charge on any atom is 0.122 e. The second kappa shape index (κ2) is 5.91. The van der Waals surface area contributed by atoms with E-state index in [1.54, 1.807) is 0 Å². The second-order valence-corrected chi connectivity index (χ2v) is 5.27. The summed E-state index contributed by atoms with van der Waals surface area (Å²) in [6.07, 6.45) is 4.14. The highest BCUT2D eigenvalue weighted by molar-refractivity contribution is 5.33. The molecule has 1 aliphatic rings. The van der Waals surface area contributed by atoms with Crippen LogP contribution in [0.25, 0.3) is 0 Å². The van der Waals surface area contributed by atoms with E-state index in [2.05, 4.69) is 26.0 Å². The van der Waals surface area contributed by atoms with Gasteiger partial charge in [-0.3, -0.25) is 0 Å². The van der Waals surface area contributed by atoms with Gasteiger partial charge in [-0.1, -0.05) is 32.0 Å². The van der Waals surface area contributed by atoms with Crippen molar-refractivity contribution in [1.29, 1.82) is 5.26 Å². The zero-order valence-electron chi connectivity index (χ0n) is 11.2. The predicted octanol–water partition coefficient (Wildman–Crippen LogP) is 3.96. The van der Waals surface area contributed by atoms with Crippen molar-refractivity contribution in [2.45, 2.75) is 45.6 Å². The molecule has 1 saturated carbocycles. The lowest BCUT2D eigenvalue weighted by Crippen LogP contribution is -2.32. The van der Waals surface area contributed by atoms with Crippen LogP contribution in [-0.4, -0.2) is 6.10 Å². The van der Waals surface area contributed by atoms with E-state index in [0.29, 0.717) is 5.92 Å². The lowest BCUT2D eigenvalue weighted by molar-refractivity contribution is 0.0947. The van der Waals surface area contributed by atoms with E-state index in [9.17, 15) is 5.26 Å². The fraction of sp³-hybridized carbons (Fsp3) is 0.562. The number of nitriles is 1. The average Bonchev–Trinajstić information content (AvgIpc) is 2.40. The minimum absolute atomic E-state index is 0.0473. The quantitative estimate of drug-likeness (QED) is 0.805. The van der Waals surface area contributed by atoms with Crippen LogP contribution in [0.4, 0.5) is 0 Å². The molecule has 2 nitrogen and oxygen atoms in total. The Balaban J connectivity index is 2.13. The third kappa shape index (κ3) is 2.85. The van der Waals surface area contributed by atoms with E-state index < -0.39 is 0 Å². The number of nitrogens with zero attached hydrogens (tertiary/aromatic N) is 1. The fourth-order valence-corrected chi connectivity index (χ4v) is 2.68. The van der Waals surface area contributed by atoms with E-state index in [4.69, 9.17) is 4.74 Å². The number of benzene rings is 1. The molecule has 1 fully saturated rings. The van der Waals surface area contributed by atoms with Gasteiger partial charge >= 0.3 is 0 Å². The maximum absolute atomic E-state index is 9.22. The first-order chi connectivity index (χ1) is 8.74. The Bertz CT molecular complexity index is 435. The smallest absolute Gasteiger partial charge is 0.122 e. The van der Waals surface area contributed by atoms with Crippen molar-refractivity contribution < 1.29 is 4.74 Å². The maximum atomic E-state index is 9.22. The van der Waals surface area contributed by atoms with Gasteiger partial charge in [0.05, 0.1) is 12.0 Å². The van der Waals surface area contributed by atoms with Crippen LogP contribution in [0, 0.1) is 23.2 Å². The van der Waals surface area contributed by atoms with Gasteiger partial charge < -0.3 is 4.74 Å². The molecule has 18 heavy (non-hydrogen) atoms. The molecule has 0 N–H and O–H groups in total. The Morgan fingerprint density at radius 3 is 2.83 bits per heavy atom. The van der Waals surface area contributed by atoms with E-state index in [0.717, 1.165) is 31.4 Å². The largest absolute Gasteiger partial charge is 0.489 e. The van der Waals surface area contributed by atoms with Gasteiger partial charge in [0, 0.05) is 0 Å². The average molecular weight is 243 g/mol. The Labute approximate surface area is 110 Å². The summed E-state index contributed by atoms with van der Waals surface area (Å²) in [5, 5.41) is 9.22. The molecule has 0 bridgehead atoms. The molecule has 96 valence electrons. The summed E-state index contributed by atoms with van der Waals surface area (Å²) in [4.78, 5) is 0. The predicted molar refractivity (Wildman–Crippen MR) is 72.4 cm³/mol. The van der Waals surface area contributed by atoms with Gasteiger partial charge in [0.2, 0.25) is 0 Å². The van der Waals surface area contributed by atoms with Crippen LogP contribution in [0.1, 0.15) is 38.7 Å². The normalized spacial score (nSPS) is 27.5. The van der Waals surface area contributed by atoms with Crippen LogP contribution < -0.4 is 4.74 Å². The van der Waals surface area contributed by atoms with Gasteiger partial charge in [-0.05, 0) is 43.2 Å². The van der Waals surface area contributed by atoms with Crippen molar-refractivity contribution in [2.24, 2.45) is 11.8 Å². The van der Waals surface area contributed by atoms with Crippen molar-refractivity contribution in [3.8, 4) is 11.8 Å². The second-order valence-electron chi connectivity index (χ2n) is 5.27. The Hall–Kier alpha value is -1.49. The minimum atomic E-state index is 0.0473. The molecular formula is C16H21NO. The van der Waals surface area contributed by atoms with Gasteiger partial charge in [0.15, 0.2) is 0 Å². The molecule has 3 unspecified atom stereocenters. The Kier molecular flexibility index (Phi) is 4.25. The molecule has 2 rings (SSSR count). The molecule has 3 atom stereocenters. The summed E-state index contributed by atoms with van der Waals surface area (Å²) < 4.78 is 6.13. The number of hydrogen-bond acceptors (Lipinski definition) is 2. The van der Waals surface area contributed by atoms with Gasteiger partial charge in [-0.15, -0.1) is 0 Å². The minimum Gasteiger partial charge on any atom is -0.489 e. The summed E-state index contributed by atoms with van der Waals surface area (Å²) in [5.41, 5.74) is 1.23. The van der Waals surface area contributed by atoms with Crippen molar-refractivity contribution >= 4 is 0 Å². The van der Waals surface area contributed by atoms with Gasteiger partial charge in [0.25, 0.3) is 0 Å². The van der Waals surface area contributed by atoms with Gasteiger partial charge in [-0.25, -0.2) is 0 Å². The van der Waals surface area contributed by atoms with Crippen LogP contribution in [0.2, 0.25) is 0 Å². The molecule has 0 heterocycles. The zero-order valence-corrected chi connectivity index (χ0v) is 11.2. The molecule has 0 amide bonds. The molecule has 2 heteroatoms. The van der Waals surface area contributed by atoms with Crippen LogP contribution in [0.15, 0.2) is 24.3 Å². The third-order valence-electron chi connectivity index (χ3n) is 3.85. The fourth-order valence-electron chi connectivity index (χ4n) is 2.68. The Morgan fingerprint density at radius 2 is 2.11 bits per heavy atom. The van der Waals surface area contributed by atoms with Crippen molar-refractivity contribution in [3.05, 3.63) is 29.8 Å². The van der Waals surface area contributed by atoms with Crippen LogP contribution in [0.5, 0.6) is 5.75 Å². The van der Waals surface area contributed by atoms with Gasteiger partial charge in [0.1, 0.15) is 11.9 Å². The molecule has 0 aliphatic heterocycles. The van der Waals surface area contributed by atoms with Crippen LogP contribution in [0.3, 0.4) is 0 Å². The SMILES string of the molecule is CCc1ccccc1OC1CC(C)CCC1C#N. The number of ether oxygens (including phenoxy) is 1. The number of hydrogen-bond donors (Lipinski definition) is 0. The monoisotopic (exact) mass is 243 g/mol. The molecule has 0 spiro atoms. The van der Waals surface area contributed by atoms with Crippen LogP contribution >= 0.6 is 0 Å². The summed E-state index contributed by atoms with van der Waals surface area (Å²) in [6, 6.07) is 10.6. The lowest BCUT2D eigenvalue weighted by Gasteiger charge is -2.31. The van der Waals surface area contributed by atoms with Gasteiger partial charge in [-0.2, -0.15) is 5.26 Å². The number of rotatable bonds is 3. The van der Waals surface area contributed by atoms with Crippen molar-refractivity contribution in [2.75, 3.05) is 0 Å². The summed E-state index contributed by atoms with van der Waals surface area (Å²) in [7, 11) is 0. The summed E-state index contributed by atoms with van der Waals surface area (Å²) in [5.74, 6) is 1.67. The Morgan fingerprint density at radius 1 is 1.33 bits per heavy atom. The van der Waals surface area contributed by atoms with E-state index in [-0.39, 0.29) is 12.0 Å². The standard InChI is InChI=1S/C16H21NO/c1-3-13-6-4-5-7-15(13)18-16-10-12(2)8-9-14(16)11-17/h4-7,12,14,16H,3,8-10H2,1-2H3. The van der Waals surface area contributed by atoms with Crippen molar-refractivity contribution in [3.63, 3.8) is 0 Å². The summed E-state index contributed by atoms with van der Waals surface area (Å²) >= 11 is 0. The first kappa shape index (κ1) is 13.0. The molecule has 1 aliphatic carbocycles. The molecule has 0 saturated heterocycles. The highest BCUT2D eigenvalue weighted by Gasteiger charge is 2.30. The highest BCUT2D eigenvalue weighted by Crippen LogP contribution is 2.32. The van der Waals surface area contributed by atoms with E-state index >= 15 is 0 Å². The topological polar surface area (TPSA) is 33.0 Å². The molecule has 1 aromatic carbocycles. The van der Waals surface area contributed by atoms with E-state index in [1.807, 2.05) is 18.2 Å². The zero-order chi connectivity index (χ0) is 13.0. The first-order valence-corrected chi connectivity index (χ1v) is 6.88. The highest BCUT2D eigenvalue weighted by atomic mass is 16.5. The first-order valence-electron chi connectivity index (χ1n) is 6.88. The van der Waals surface area contributed by atoms with Crippen molar-refractivity contribution in [1.82, 2.24) is 0 Å². The molecular weight excluding hydrogens is 222 g/mol. The number of aryl methyl sites for hydroxylation is 1. The molecule has 1 aromatic rings. The molecule has 0 radical (unpaired) electrons.